The molecule has 0 amide bonds. The van der Waals surface area contributed by atoms with E-state index < -0.39 is 5.97 Å². The maximum atomic E-state index is 13.4. The number of rotatable bonds is 6. The van der Waals surface area contributed by atoms with Gasteiger partial charge in [-0.15, -0.1) is 0 Å². The number of anilines is 1. The zero-order chi connectivity index (χ0) is 14.7. The van der Waals surface area contributed by atoms with Gasteiger partial charge >= 0.3 is 5.97 Å². The molecule has 1 aromatic carbocycles. The van der Waals surface area contributed by atoms with Gasteiger partial charge < -0.3 is 10.0 Å². The van der Waals surface area contributed by atoms with Crippen LogP contribution in [0.1, 0.15) is 32.3 Å². The molecular formula is C16H20FNO2. The standard InChI is InChI=1S/C16H20FNO2/c1-11(2)18(10-12-3-4-12)15-7-6-14(17)9-13(15)5-8-16(19)20/h5-9,11-12H,3-4,10H2,1-2H3,(H,19,20). The van der Waals surface area contributed by atoms with Gasteiger partial charge in [0, 0.05) is 29.9 Å². The minimum atomic E-state index is -1.03. The van der Waals surface area contributed by atoms with Crippen LogP contribution in [0.5, 0.6) is 0 Å². The third kappa shape index (κ3) is 3.83. The smallest absolute Gasteiger partial charge is 0.328 e. The van der Waals surface area contributed by atoms with Gasteiger partial charge in [0.15, 0.2) is 0 Å². The first-order valence-electron chi connectivity index (χ1n) is 6.94. The molecule has 0 aliphatic heterocycles. The van der Waals surface area contributed by atoms with Gasteiger partial charge in [0.1, 0.15) is 5.82 Å². The van der Waals surface area contributed by atoms with Gasteiger partial charge in [-0.1, -0.05) is 0 Å². The summed E-state index contributed by atoms with van der Waals surface area (Å²) < 4.78 is 13.4. The number of carboxylic acid groups (broad SMARTS) is 1. The summed E-state index contributed by atoms with van der Waals surface area (Å²) in [7, 11) is 0. The lowest BCUT2D eigenvalue weighted by molar-refractivity contribution is -0.131. The van der Waals surface area contributed by atoms with Gasteiger partial charge in [-0.05, 0) is 56.9 Å². The molecule has 1 fully saturated rings. The maximum absolute atomic E-state index is 13.4. The van der Waals surface area contributed by atoms with Crippen molar-refractivity contribution in [1.29, 1.82) is 0 Å². The fraction of sp³-hybridized carbons (Fsp3) is 0.438. The fourth-order valence-corrected chi connectivity index (χ4v) is 2.25. The van der Waals surface area contributed by atoms with Crippen LogP contribution in [0, 0.1) is 11.7 Å². The van der Waals surface area contributed by atoms with Crippen molar-refractivity contribution >= 4 is 17.7 Å². The van der Waals surface area contributed by atoms with Crippen LogP contribution in [0.15, 0.2) is 24.3 Å². The molecule has 4 heteroatoms. The topological polar surface area (TPSA) is 40.5 Å². The Morgan fingerprint density at radius 1 is 1.50 bits per heavy atom. The SMILES string of the molecule is CC(C)N(CC1CC1)c1ccc(F)cc1C=CC(=O)O. The summed E-state index contributed by atoms with van der Waals surface area (Å²) in [5.74, 6) is -0.675. The molecule has 0 saturated heterocycles. The lowest BCUT2D eigenvalue weighted by Crippen LogP contribution is -2.33. The Balaban J connectivity index is 2.33. The summed E-state index contributed by atoms with van der Waals surface area (Å²) in [6.45, 7) is 5.13. The molecule has 1 saturated carbocycles. The van der Waals surface area contributed by atoms with Crippen LogP contribution in [0.3, 0.4) is 0 Å². The highest BCUT2D eigenvalue weighted by molar-refractivity contribution is 5.87. The van der Waals surface area contributed by atoms with E-state index in [-0.39, 0.29) is 11.9 Å². The van der Waals surface area contributed by atoms with Crippen LogP contribution < -0.4 is 4.90 Å². The highest BCUT2D eigenvalue weighted by Crippen LogP contribution is 2.34. The summed E-state index contributed by atoms with van der Waals surface area (Å²) in [6, 6.07) is 4.84. The van der Waals surface area contributed by atoms with Crippen LogP contribution in [0.25, 0.3) is 6.08 Å². The number of aliphatic carboxylic acids is 1. The molecule has 0 radical (unpaired) electrons. The summed E-state index contributed by atoms with van der Waals surface area (Å²) >= 11 is 0. The second kappa shape index (κ2) is 6.07. The summed E-state index contributed by atoms with van der Waals surface area (Å²) in [5, 5.41) is 8.74. The Labute approximate surface area is 118 Å². The van der Waals surface area contributed by atoms with E-state index >= 15 is 0 Å². The zero-order valence-electron chi connectivity index (χ0n) is 11.8. The molecule has 0 bridgehead atoms. The van der Waals surface area contributed by atoms with Gasteiger partial charge in [0.25, 0.3) is 0 Å². The molecule has 1 aliphatic carbocycles. The number of hydrogen-bond acceptors (Lipinski definition) is 2. The van der Waals surface area contributed by atoms with Gasteiger partial charge in [-0.3, -0.25) is 0 Å². The molecule has 2 rings (SSSR count). The molecule has 0 unspecified atom stereocenters. The Morgan fingerprint density at radius 3 is 2.75 bits per heavy atom. The second-order valence-corrected chi connectivity index (χ2v) is 5.56. The van der Waals surface area contributed by atoms with Crippen molar-refractivity contribution in [3.63, 3.8) is 0 Å². The van der Waals surface area contributed by atoms with Crippen molar-refractivity contribution in [2.75, 3.05) is 11.4 Å². The number of carbonyl (C=O) groups is 1. The van der Waals surface area contributed by atoms with Crippen molar-refractivity contribution in [1.82, 2.24) is 0 Å². The highest BCUT2D eigenvalue weighted by Gasteiger charge is 2.26. The van der Waals surface area contributed by atoms with Gasteiger partial charge in [0.05, 0.1) is 0 Å². The predicted octanol–water partition coefficient (Wildman–Crippen LogP) is 3.55. The molecular weight excluding hydrogens is 257 g/mol. The Kier molecular flexibility index (Phi) is 4.42. The molecule has 0 aromatic heterocycles. The Hall–Kier alpha value is -1.84. The van der Waals surface area contributed by atoms with Crippen molar-refractivity contribution in [3.8, 4) is 0 Å². The van der Waals surface area contributed by atoms with E-state index in [1.807, 2.05) is 0 Å². The van der Waals surface area contributed by atoms with Crippen LogP contribution in [-0.2, 0) is 4.79 Å². The predicted molar refractivity (Wildman–Crippen MR) is 78.3 cm³/mol. The second-order valence-electron chi connectivity index (χ2n) is 5.56. The number of carboxylic acids is 1. The number of benzene rings is 1. The molecule has 0 atom stereocenters. The first-order chi connectivity index (χ1) is 9.47. The van der Waals surface area contributed by atoms with E-state index in [0.29, 0.717) is 11.5 Å². The Bertz CT molecular complexity index is 521. The van der Waals surface area contributed by atoms with Crippen molar-refractivity contribution < 1.29 is 14.3 Å². The third-order valence-corrected chi connectivity index (χ3v) is 3.48. The molecule has 0 heterocycles. The van der Waals surface area contributed by atoms with E-state index in [1.165, 1.54) is 31.1 Å². The molecule has 3 nitrogen and oxygen atoms in total. The monoisotopic (exact) mass is 277 g/mol. The van der Waals surface area contributed by atoms with E-state index in [4.69, 9.17) is 5.11 Å². The highest BCUT2D eigenvalue weighted by atomic mass is 19.1. The summed E-state index contributed by atoms with van der Waals surface area (Å²) in [5.41, 5.74) is 1.51. The van der Waals surface area contributed by atoms with Gasteiger partial charge in [-0.25, -0.2) is 9.18 Å². The van der Waals surface area contributed by atoms with Crippen molar-refractivity contribution in [2.24, 2.45) is 5.92 Å². The van der Waals surface area contributed by atoms with Crippen molar-refractivity contribution in [2.45, 2.75) is 32.7 Å². The number of halogens is 1. The quantitative estimate of drug-likeness (QED) is 0.808. The summed E-state index contributed by atoms with van der Waals surface area (Å²) in [6.07, 6.45) is 4.99. The molecule has 1 aliphatic rings. The molecule has 20 heavy (non-hydrogen) atoms. The minimum absolute atomic E-state index is 0.290. The van der Waals surface area contributed by atoms with E-state index in [9.17, 15) is 9.18 Å². The minimum Gasteiger partial charge on any atom is -0.478 e. The van der Waals surface area contributed by atoms with Crippen LogP contribution in [0.4, 0.5) is 10.1 Å². The van der Waals surface area contributed by atoms with E-state index in [0.717, 1.165) is 18.3 Å². The van der Waals surface area contributed by atoms with Gasteiger partial charge in [0.2, 0.25) is 0 Å². The number of hydrogen-bond donors (Lipinski definition) is 1. The lowest BCUT2D eigenvalue weighted by Gasteiger charge is -2.30. The average molecular weight is 277 g/mol. The molecule has 1 aromatic rings. The van der Waals surface area contributed by atoms with Crippen LogP contribution in [0.2, 0.25) is 0 Å². The lowest BCUT2D eigenvalue weighted by atomic mass is 10.1. The number of nitrogens with zero attached hydrogens (tertiary/aromatic N) is 1. The Morgan fingerprint density at radius 2 is 2.20 bits per heavy atom. The van der Waals surface area contributed by atoms with Crippen molar-refractivity contribution in [3.05, 3.63) is 35.7 Å². The fourth-order valence-electron chi connectivity index (χ4n) is 2.25. The first-order valence-corrected chi connectivity index (χ1v) is 6.94. The molecule has 0 spiro atoms. The van der Waals surface area contributed by atoms with Crippen LogP contribution in [-0.4, -0.2) is 23.7 Å². The van der Waals surface area contributed by atoms with E-state index in [2.05, 4.69) is 18.7 Å². The largest absolute Gasteiger partial charge is 0.478 e. The maximum Gasteiger partial charge on any atom is 0.328 e. The average Bonchev–Trinajstić information content (AvgIpc) is 3.18. The molecule has 1 N–H and O–H groups in total. The van der Waals surface area contributed by atoms with E-state index in [1.54, 1.807) is 6.07 Å². The third-order valence-electron chi connectivity index (χ3n) is 3.48. The molecule has 108 valence electrons. The van der Waals surface area contributed by atoms with Gasteiger partial charge in [-0.2, -0.15) is 0 Å². The zero-order valence-corrected chi connectivity index (χ0v) is 11.8. The van der Waals surface area contributed by atoms with Crippen LogP contribution >= 0.6 is 0 Å². The first kappa shape index (κ1) is 14.6. The summed E-state index contributed by atoms with van der Waals surface area (Å²) in [4.78, 5) is 12.9. The normalized spacial score (nSPS) is 15.0.